The summed E-state index contributed by atoms with van der Waals surface area (Å²) in [5, 5.41) is -0.261. The van der Waals surface area contributed by atoms with E-state index < -0.39 is 21.9 Å². The Morgan fingerprint density at radius 3 is 1.93 bits per heavy atom. The number of methoxy groups -OCH3 is 2. The lowest BCUT2D eigenvalue weighted by atomic mass is 10.1. The predicted molar refractivity (Wildman–Crippen MR) is 115 cm³/mol. The summed E-state index contributed by atoms with van der Waals surface area (Å²) >= 11 is 5.85. The van der Waals surface area contributed by atoms with E-state index in [1.165, 1.54) is 17.5 Å². The number of halogens is 2. The van der Waals surface area contributed by atoms with Gasteiger partial charge in [-0.1, -0.05) is 23.7 Å². The van der Waals surface area contributed by atoms with Gasteiger partial charge in [0, 0.05) is 0 Å². The van der Waals surface area contributed by atoms with E-state index in [9.17, 15) is 12.8 Å². The first-order chi connectivity index (χ1) is 14.3. The fourth-order valence-corrected chi connectivity index (χ4v) is 4.98. The van der Waals surface area contributed by atoms with Crippen molar-refractivity contribution in [1.29, 1.82) is 0 Å². The van der Waals surface area contributed by atoms with E-state index in [1.54, 1.807) is 62.6 Å². The maximum atomic E-state index is 13.6. The fourth-order valence-electron chi connectivity index (χ4n) is 3.07. The first kappa shape index (κ1) is 21.9. The molecule has 0 aliphatic carbocycles. The minimum Gasteiger partial charge on any atom is -0.497 e. The summed E-state index contributed by atoms with van der Waals surface area (Å²) in [6.07, 6.45) is 0. The molecule has 0 saturated carbocycles. The van der Waals surface area contributed by atoms with Crippen LogP contribution >= 0.6 is 11.6 Å². The van der Waals surface area contributed by atoms with Crippen LogP contribution in [-0.2, 0) is 10.0 Å². The Balaban J connectivity index is 2.13. The van der Waals surface area contributed by atoms with Gasteiger partial charge >= 0.3 is 0 Å². The molecule has 0 aromatic heterocycles. The van der Waals surface area contributed by atoms with Crippen molar-refractivity contribution in [1.82, 2.24) is 0 Å². The number of nitrogens with zero attached hydrogens (tertiary/aromatic N) is 1. The number of hydrogen-bond acceptors (Lipinski definition) is 4. The van der Waals surface area contributed by atoms with Gasteiger partial charge < -0.3 is 9.47 Å². The molecule has 3 rings (SSSR count). The quantitative estimate of drug-likeness (QED) is 0.481. The SMILES string of the molecule is COc1ccc([C@H](C)N(c2ccc(OC)cc2)S(=O)(=O)c2ccc(F)c(Cl)c2)cc1. The number of ether oxygens (including phenoxy) is 2. The number of sulfonamides is 1. The van der Waals surface area contributed by atoms with Crippen molar-refractivity contribution in [2.24, 2.45) is 0 Å². The van der Waals surface area contributed by atoms with Gasteiger partial charge in [0.15, 0.2) is 0 Å². The van der Waals surface area contributed by atoms with Crippen LogP contribution in [-0.4, -0.2) is 22.6 Å². The minimum atomic E-state index is -4.07. The van der Waals surface area contributed by atoms with Crippen molar-refractivity contribution >= 4 is 27.3 Å². The van der Waals surface area contributed by atoms with Crippen LogP contribution < -0.4 is 13.8 Å². The lowest BCUT2D eigenvalue weighted by Gasteiger charge is -2.31. The number of rotatable bonds is 7. The molecule has 0 radical (unpaired) electrons. The third-order valence-corrected chi connectivity index (χ3v) is 6.91. The molecular formula is C22H21ClFNO4S. The van der Waals surface area contributed by atoms with Crippen molar-refractivity contribution in [3.63, 3.8) is 0 Å². The van der Waals surface area contributed by atoms with Crippen molar-refractivity contribution < 1.29 is 22.3 Å². The van der Waals surface area contributed by atoms with E-state index in [-0.39, 0.29) is 9.92 Å². The van der Waals surface area contributed by atoms with Gasteiger partial charge in [0.05, 0.1) is 35.9 Å². The molecule has 0 aliphatic heterocycles. The summed E-state index contributed by atoms with van der Waals surface area (Å²) in [5.74, 6) is 0.572. The zero-order valence-electron chi connectivity index (χ0n) is 16.7. The predicted octanol–water partition coefficient (Wildman–Crippen LogP) is 5.45. The van der Waals surface area contributed by atoms with Gasteiger partial charge in [-0.3, -0.25) is 4.31 Å². The van der Waals surface area contributed by atoms with Gasteiger partial charge in [-0.25, -0.2) is 12.8 Å². The van der Waals surface area contributed by atoms with E-state index in [2.05, 4.69) is 0 Å². The lowest BCUT2D eigenvalue weighted by Crippen LogP contribution is -2.33. The normalized spacial score (nSPS) is 12.3. The summed E-state index contributed by atoms with van der Waals surface area (Å²) in [5.41, 5.74) is 1.18. The minimum absolute atomic E-state index is 0.106. The average Bonchev–Trinajstić information content (AvgIpc) is 2.76. The highest BCUT2D eigenvalue weighted by Crippen LogP contribution is 2.35. The second kappa shape index (κ2) is 8.93. The molecule has 1 atom stereocenters. The van der Waals surface area contributed by atoms with Crippen LogP contribution in [0.15, 0.2) is 71.6 Å². The molecule has 0 heterocycles. The van der Waals surface area contributed by atoms with E-state index in [4.69, 9.17) is 21.1 Å². The summed E-state index contributed by atoms with van der Waals surface area (Å²) in [6, 6.07) is 16.6. The Morgan fingerprint density at radius 1 is 0.900 bits per heavy atom. The Kier molecular flexibility index (Phi) is 6.53. The molecule has 30 heavy (non-hydrogen) atoms. The maximum Gasteiger partial charge on any atom is 0.264 e. The van der Waals surface area contributed by atoms with Gasteiger partial charge in [0.25, 0.3) is 10.0 Å². The van der Waals surface area contributed by atoms with Crippen LogP contribution in [0, 0.1) is 5.82 Å². The highest BCUT2D eigenvalue weighted by atomic mass is 35.5. The lowest BCUT2D eigenvalue weighted by molar-refractivity contribution is 0.414. The molecule has 0 saturated heterocycles. The van der Waals surface area contributed by atoms with Crippen molar-refractivity contribution in [3.05, 3.63) is 83.1 Å². The van der Waals surface area contributed by atoms with E-state index >= 15 is 0 Å². The maximum absolute atomic E-state index is 13.6. The van der Waals surface area contributed by atoms with Crippen molar-refractivity contribution in [3.8, 4) is 11.5 Å². The Hall–Kier alpha value is -2.77. The molecule has 0 amide bonds. The third kappa shape index (κ3) is 4.37. The smallest absolute Gasteiger partial charge is 0.264 e. The second-order valence-corrected chi connectivity index (χ2v) is 8.75. The monoisotopic (exact) mass is 449 g/mol. The average molecular weight is 450 g/mol. The van der Waals surface area contributed by atoms with Crippen LogP contribution in [0.25, 0.3) is 0 Å². The molecule has 3 aromatic carbocycles. The molecule has 0 bridgehead atoms. The largest absolute Gasteiger partial charge is 0.497 e. The van der Waals surface area contributed by atoms with Crippen molar-refractivity contribution in [2.75, 3.05) is 18.5 Å². The number of hydrogen-bond donors (Lipinski definition) is 0. The second-order valence-electron chi connectivity index (χ2n) is 6.52. The standard InChI is InChI=1S/C22H21ClFNO4S/c1-15(16-4-8-18(28-2)9-5-16)25(17-6-10-19(29-3)11-7-17)30(26,27)20-12-13-22(24)21(23)14-20/h4-15H,1-3H3/t15-/m0/s1. The summed E-state index contributed by atoms with van der Waals surface area (Å²) < 4.78 is 52.4. The van der Waals surface area contributed by atoms with Crippen LogP contribution in [0.2, 0.25) is 5.02 Å². The molecular weight excluding hydrogens is 429 g/mol. The van der Waals surface area contributed by atoms with E-state index in [1.807, 2.05) is 0 Å². The molecule has 0 N–H and O–H groups in total. The molecule has 0 fully saturated rings. The zero-order valence-corrected chi connectivity index (χ0v) is 18.2. The highest BCUT2D eigenvalue weighted by Gasteiger charge is 2.31. The molecule has 0 unspecified atom stereocenters. The summed E-state index contributed by atoms with van der Waals surface area (Å²) in [6.45, 7) is 1.77. The van der Waals surface area contributed by atoms with Gasteiger partial charge in [-0.05, 0) is 67.1 Å². The molecule has 5 nitrogen and oxygen atoms in total. The Morgan fingerprint density at radius 2 is 1.43 bits per heavy atom. The molecule has 158 valence electrons. The van der Waals surface area contributed by atoms with Crippen LogP contribution in [0.1, 0.15) is 18.5 Å². The van der Waals surface area contributed by atoms with Gasteiger partial charge in [0.1, 0.15) is 17.3 Å². The first-order valence-electron chi connectivity index (χ1n) is 9.05. The van der Waals surface area contributed by atoms with Crippen LogP contribution in [0.3, 0.4) is 0 Å². The van der Waals surface area contributed by atoms with E-state index in [0.717, 1.165) is 17.7 Å². The third-order valence-electron chi connectivity index (χ3n) is 4.72. The van der Waals surface area contributed by atoms with Crippen LogP contribution in [0.5, 0.6) is 11.5 Å². The Bertz CT molecular complexity index is 1120. The highest BCUT2D eigenvalue weighted by molar-refractivity contribution is 7.92. The summed E-state index contributed by atoms with van der Waals surface area (Å²) in [7, 11) is -0.974. The van der Waals surface area contributed by atoms with Gasteiger partial charge in [-0.15, -0.1) is 0 Å². The number of anilines is 1. The fraction of sp³-hybridized carbons (Fsp3) is 0.182. The van der Waals surface area contributed by atoms with Crippen molar-refractivity contribution in [2.45, 2.75) is 17.9 Å². The Labute approximate surface area is 180 Å². The molecule has 0 spiro atoms. The van der Waals surface area contributed by atoms with Gasteiger partial charge in [-0.2, -0.15) is 0 Å². The molecule has 8 heteroatoms. The molecule has 0 aliphatic rings. The van der Waals surface area contributed by atoms with Gasteiger partial charge in [0.2, 0.25) is 0 Å². The molecule has 3 aromatic rings. The topological polar surface area (TPSA) is 55.8 Å². The number of benzene rings is 3. The van der Waals surface area contributed by atoms with Crippen LogP contribution in [0.4, 0.5) is 10.1 Å². The zero-order chi connectivity index (χ0) is 21.9. The summed E-state index contributed by atoms with van der Waals surface area (Å²) in [4.78, 5) is -0.106. The van der Waals surface area contributed by atoms with E-state index in [0.29, 0.717) is 17.2 Å². The first-order valence-corrected chi connectivity index (χ1v) is 10.9.